The molecule has 0 unspecified atom stereocenters. The zero-order valence-electron chi connectivity index (χ0n) is 5.26. The van der Waals surface area contributed by atoms with Gasteiger partial charge in [0.05, 0.1) is 0 Å². The summed E-state index contributed by atoms with van der Waals surface area (Å²) in [4.78, 5) is 0. The van der Waals surface area contributed by atoms with Crippen molar-refractivity contribution >= 4 is 0 Å². The molecular weight excluding hydrogens is 148 g/mol. The fourth-order valence-corrected chi connectivity index (χ4v) is 0.563. The van der Waals surface area contributed by atoms with Crippen LogP contribution in [0.5, 0.6) is 5.75 Å². The average Bonchev–Trinajstić information content (AvgIpc) is 1.77. The fraction of sp³-hybridized carbons (Fsp3) is 0.143. The van der Waals surface area contributed by atoms with Crippen LogP contribution in [0.2, 0.25) is 0 Å². The Bertz CT molecular complexity index is 165. The van der Waals surface area contributed by atoms with E-state index >= 15 is 0 Å². The summed E-state index contributed by atoms with van der Waals surface area (Å²) >= 11 is 0. The molecule has 1 aromatic rings. The van der Waals surface area contributed by atoms with Crippen molar-refractivity contribution in [1.29, 1.82) is 0 Å². The van der Waals surface area contributed by atoms with E-state index in [4.69, 9.17) is 5.11 Å². The van der Waals surface area contributed by atoms with E-state index in [1.807, 2.05) is 25.1 Å². The van der Waals surface area contributed by atoms with Gasteiger partial charge in [0.25, 0.3) is 0 Å². The SMILES string of the molecule is Cc1ccccc1O.[Ti]. The maximum Gasteiger partial charge on any atom is 0.118 e. The maximum atomic E-state index is 8.92. The summed E-state index contributed by atoms with van der Waals surface area (Å²) in [6, 6.07) is 7.25. The Morgan fingerprint density at radius 3 is 2.11 bits per heavy atom. The number of hydrogen-bond donors (Lipinski definition) is 1. The molecule has 46 valence electrons. The van der Waals surface area contributed by atoms with E-state index in [-0.39, 0.29) is 21.7 Å². The molecule has 0 aliphatic rings. The largest absolute Gasteiger partial charge is 0.508 e. The molecule has 1 rings (SSSR count). The van der Waals surface area contributed by atoms with Crippen LogP contribution in [0.15, 0.2) is 24.3 Å². The van der Waals surface area contributed by atoms with Crippen molar-refractivity contribution in [3.8, 4) is 5.75 Å². The predicted molar refractivity (Wildman–Crippen MR) is 32.8 cm³/mol. The van der Waals surface area contributed by atoms with Crippen molar-refractivity contribution in [3.63, 3.8) is 0 Å². The summed E-state index contributed by atoms with van der Waals surface area (Å²) < 4.78 is 0. The minimum Gasteiger partial charge on any atom is -0.508 e. The number of rotatable bonds is 0. The monoisotopic (exact) mass is 156 g/mol. The Kier molecular flexibility index (Phi) is 3.59. The standard InChI is InChI=1S/C7H8O.Ti/c1-6-4-2-3-5-7(6)8;/h2-5,8H,1H3;. The Labute approximate surface area is 69.6 Å². The Balaban J connectivity index is 0.000000640. The van der Waals surface area contributed by atoms with Crippen molar-refractivity contribution in [2.75, 3.05) is 0 Å². The third kappa shape index (κ3) is 2.21. The first-order chi connectivity index (χ1) is 3.80. The normalized spacial score (nSPS) is 8.11. The number of benzene rings is 1. The van der Waals surface area contributed by atoms with Crippen LogP contribution < -0.4 is 0 Å². The molecule has 0 fully saturated rings. The summed E-state index contributed by atoms with van der Waals surface area (Å²) in [6.45, 7) is 1.87. The van der Waals surface area contributed by atoms with Crippen LogP contribution in [0.3, 0.4) is 0 Å². The van der Waals surface area contributed by atoms with Gasteiger partial charge in [0.1, 0.15) is 5.75 Å². The molecule has 1 N–H and O–H groups in total. The van der Waals surface area contributed by atoms with Crippen LogP contribution in [0.4, 0.5) is 0 Å². The van der Waals surface area contributed by atoms with Crippen LogP contribution in [0, 0.1) is 6.92 Å². The molecule has 0 spiro atoms. The topological polar surface area (TPSA) is 20.2 Å². The first kappa shape index (κ1) is 8.73. The van der Waals surface area contributed by atoms with Crippen molar-refractivity contribution in [3.05, 3.63) is 29.8 Å². The summed E-state index contributed by atoms with van der Waals surface area (Å²) in [5, 5.41) is 8.92. The van der Waals surface area contributed by atoms with E-state index in [1.165, 1.54) is 0 Å². The Morgan fingerprint density at radius 2 is 1.78 bits per heavy atom. The van der Waals surface area contributed by atoms with Gasteiger partial charge in [0, 0.05) is 21.7 Å². The molecule has 1 nitrogen and oxygen atoms in total. The van der Waals surface area contributed by atoms with Crippen molar-refractivity contribution in [2.24, 2.45) is 0 Å². The molecule has 0 saturated heterocycles. The number of aromatic hydroxyl groups is 1. The second kappa shape index (κ2) is 3.70. The third-order valence-electron chi connectivity index (χ3n) is 1.12. The summed E-state index contributed by atoms with van der Waals surface area (Å²) in [5.41, 5.74) is 0.924. The number of aryl methyl sites for hydroxylation is 1. The molecule has 0 atom stereocenters. The van der Waals surface area contributed by atoms with E-state index in [0.29, 0.717) is 5.75 Å². The van der Waals surface area contributed by atoms with E-state index in [2.05, 4.69) is 0 Å². The molecule has 2 heteroatoms. The van der Waals surface area contributed by atoms with E-state index < -0.39 is 0 Å². The van der Waals surface area contributed by atoms with Gasteiger partial charge in [-0.2, -0.15) is 0 Å². The van der Waals surface area contributed by atoms with E-state index in [9.17, 15) is 0 Å². The minimum atomic E-state index is 0. The molecular formula is C7H8OTi. The first-order valence-corrected chi connectivity index (χ1v) is 2.55. The average molecular weight is 156 g/mol. The summed E-state index contributed by atoms with van der Waals surface area (Å²) in [5.74, 6) is 0.368. The second-order valence-electron chi connectivity index (χ2n) is 1.79. The molecule has 0 bridgehead atoms. The van der Waals surface area contributed by atoms with Crippen LogP contribution in [-0.4, -0.2) is 5.11 Å². The summed E-state index contributed by atoms with van der Waals surface area (Å²) in [7, 11) is 0. The van der Waals surface area contributed by atoms with E-state index in [1.54, 1.807) is 6.07 Å². The third-order valence-corrected chi connectivity index (χ3v) is 1.12. The molecule has 0 amide bonds. The van der Waals surface area contributed by atoms with Gasteiger partial charge in [-0.15, -0.1) is 0 Å². The van der Waals surface area contributed by atoms with Gasteiger partial charge >= 0.3 is 0 Å². The van der Waals surface area contributed by atoms with Crippen LogP contribution >= 0.6 is 0 Å². The van der Waals surface area contributed by atoms with Crippen LogP contribution in [-0.2, 0) is 21.7 Å². The van der Waals surface area contributed by atoms with Gasteiger partial charge < -0.3 is 5.11 Å². The maximum absolute atomic E-state index is 8.92. The predicted octanol–water partition coefficient (Wildman–Crippen LogP) is 1.70. The molecule has 0 heterocycles. The van der Waals surface area contributed by atoms with Gasteiger partial charge in [0.2, 0.25) is 0 Å². The fourth-order valence-electron chi connectivity index (χ4n) is 0.563. The molecule has 0 radical (unpaired) electrons. The zero-order chi connectivity index (χ0) is 5.98. The minimum absolute atomic E-state index is 0. The molecule has 1 aromatic carbocycles. The number of para-hydroxylation sites is 1. The Morgan fingerprint density at radius 1 is 1.22 bits per heavy atom. The van der Waals surface area contributed by atoms with Crippen LogP contribution in [0.1, 0.15) is 5.56 Å². The molecule has 0 saturated carbocycles. The Hall–Kier alpha value is -0.266. The number of phenolic OH excluding ortho intramolecular Hbond substituents is 1. The first-order valence-electron chi connectivity index (χ1n) is 2.55. The van der Waals surface area contributed by atoms with Crippen LogP contribution in [0.25, 0.3) is 0 Å². The zero-order valence-corrected chi connectivity index (χ0v) is 6.82. The second-order valence-corrected chi connectivity index (χ2v) is 1.79. The molecule has 0 aliphatic carbocycles. The van der Waals surface area contributed by atoms with Gasteiger partial charge in [-0.3, -0.25) is 0 Å². The molecule has 9 heavy (non-hydrogen) atoms. The number of hydrogen-bond acceptors (Lipinski definition) is 1. The van der Waals surface area contributed by atoms with Gasteiger partial charge in [-0.25, -0.2) is 0 Å². The van der Waals surface area contributed by atoms with Crippen molar-refractivity contribution in [1.82, 2.24) is 0 Å². The van der Waals surface area contributed by atoms with E-state index in [0.717, 1.165) is 5.56 Å². The van der Waals surface area contributed by atoms with Gasteiger partial charge in [-0.1, -0.05) is 18.2 Å². The van der Waals surface area contributed by atoms with Gasteiger partial charge in [-0.05, 0) is 18.6 Å². The molecule has 0 aromatic heterocycles. The number of phenols is 1. The van der Waals surface area contributed by atoms with Crippen molar-refractivity contribution < 1.29 is 26.8 Å². The summed E-state index contributed by atoms with van der Waals surface area (Å²) in [6.07, 6.45) is 0. The molecule has 0 aliphatic heterocycles. The quantitative estimate of drug-likeness (QED) is 0.566. The van der Waals surface area contributed by atoms with Gasteiger partial charge in [0.15, 0.2) is 0 Å². The smallest absolute Gasteiger partial charge is 0.118 e. The van der Waals surface area contributed by atoms with Crippen molar-refractivity contribution in [2.45, 2.75) is 6.92 Å².